The van der Waals surface area contributed by atoms with Crippen LogP contribution in [0.1, 0.15) is 27.2 Å². The van der Waals surface area contributed by atoms with E-state index in [1.54, 1.807) is 0 Å². The molecule has 0 aliphatic rings. The molecule has 0 spiro atoms. The lowest BCUT2D eigenvalue weighted by Gasteiger charge is -2.13. The van der Waals surface area contributed by atoms with Gasteiger partial charge in [-0.15, -0.1) is 0 Å². The maximum absolute atomic E-state index is 10.5. The molecular weight excluding hydrogens is 164 g/mol. The van der Waals surface area contributed by atoms with Gasteiger partial charge in [0.25, 0.3) is 0 Å². The van der Waals surface area contributed by atoms with Crippen molar-refractivity contribution in [1.82, 2.24) is 0 Å². The van der Waals surface area contributed by atoms with Crippen molar-refractivity contribution in [3.63, 3.8) is 0 Å². The molecule has 0 aliphatic heterocycles. The van der Waals surface area contributed by atoms with E-state index >= 15 is 0 Å². The zero-order valence-corrected chi connectivity index (χ0v) is 8.58. The summed E-state index contributed by atoms with van der Waals surface area (Å²) in [5, 5.41) is 8.64. The maximum atomic E-state index is 10.5. The second-order valence-corrected chi connectivity index (χ2v) is 3.71. The van der Waals surface area contributed by atoms with Crippen molar-refractivity contribution in [3.05, 3.63) is 24.3 Å². The van der Waals surface area contributed by atoms with Crippen LogP contribution in [-0.4, -0.2) is 11.1 Å². The number of aliphatic carboxylic acids is 1. The van der Waals surface area contributed by atoms with Gasteiger partial charge in [-0.3, -0.25) is 4.79 Å². The SMILES string of the molecule is C=C(C)/C=C/C(CC(=O)O)C(C)C. The van der Waals surface area contributed by atoms with Gasteiger partial charge in [0.05, 0.1) is 6.42 Å². The highest BCUT2D eigenvalue weighted by Gasteiger charge is 2.13. The maximum Gasteiger partial charge on any atom is 0.303 e. The molecule has 1 unspecified atom stereocenters. The molecule has 0 radical (unpaired) electrons. The van der Waals surface area contributed by atoms with E-state index < -0.39 is 5.97 Å². The normalized spacial score (nSPS) is 13.5. The Morgan fingerprint density at radius 2 is 2.08 bits per heavy atom. The monoisotopic (exact) mass is 182 g/mol. The topological polar surface area (TPSA) is 37.3 Å². The Balaban J connectivity index is 4.26. The molecule has 0 fully saturated rings. The highest BCUT2D eigenvalue weighted by atomic mass is 16.4. The standard InChI is InChI=1S/C11H18O2/c1-8(2)5-6-10(9(3)4)7-11(12)13/h5-6,9-10H,1,7H2,2-4H3,(H,12,13)/b6-5+. The van der Waals surface area contributed by atoms with Gasteiger partial charge in [0.2, 0.25) is 0 Å². The third-order valence-corrected chi connectivity index (χ3v) is 1.89. The predicted octanol–water partition coefficient (Wildman–Crippen LogP) is 2.87. The Morgan fingerprint density at radius 1 is 1.54 bits per heavy atom. The van der Waals surface area contributed by atoms with Crippen LogP contribution in [0, 0.1) is 11.8 Å². The molecule has 1 N–H and O–H groups in total. The van der Waals surface area contributed by atoms with Crippen LogP contribution >= 0.6 is 0 Å². The van der Waals surface area contributed by atoms with Gasteiger partial charge in [-0.05, 0) is 18.8 Å². The number of rotatable bonds is 5. The van der Waals surface area contributed by atoms with Crippen LogP contribution in [0.2, 0.25) is 0 Å². The smallest absolute Gasteiger partial charge is 0.303 e. The highest BCUT2D eigenvalue weighted by Crippen LogP contribution is 2.17. The number of carboxylic acid groups (broad SMARTS) is 1. The summed E-state index contributed by atoms with van der Waals surface area (Å²) in [5.41, 5.74) is 0.955. The Kier molecular flexibility index (Phi) is 5.12. The molecule has 13 heavy (non-hydrogen) atoms. The first kappa shape index (κ1) is 11.9. The number of carboxylic acids is 1. The summed E-state index contributed by atoms with van der Waals surface area (Å²) in [6.45, 7) is 9.68. The quantitative estimate of drug-likeness (QED) is 0.664. The van der Waals surface area contributed by atoms with Crippen molar-refractivity contribution in [2.45, 2.75) is 27.2 Å². The molecule has 0 aromatic heterocycles. The van der Waals surface area contributed by atoms with Gasteiger partial charge in [-0.1, -0.05) is 38.2 Å². The van der Waals surface area contributed by atoms with E-state index in [1.807, 2.05) is 32.9 Å². The predicted molar refractivity (Wildman–Crippen MR) is 54.5 cm³/mol. The van der Waals surface area contributed by atoms with E-state index in [0.717, 1.165) is 5.57 Å². The number of hydrogen-bond acceptors (Lipinski definition) is 1. The van der Waals surface area contributed by atoms with E-state index in [0.29, 0.717) is 5.92 Å². The van der Waals surface area contributed by atoms with Gasteiger partial charge in [0, 0.05) is 0 Å². The second kappa shape index (κ2) is 5.57. The van der Waals surface area contributed by atoms with Crippen LogP contribution < -0.4 is 0 Å². The van der Waals surface area contributed by atoms with E-state index in [1.165, 1.54) is 0 Å². The number of hydrogen-bond donors (Lipinski definition) is 1. The van der Waals surface area contributed by atoms with Crippen molar-refractivity contribution in [2.24, 2.45) is 11.8 Å². The fourth-order valence-electron chi connectivity index (χ4n) is 1.02. The van der Waals surface area contributed by atoms with Gasteiger partial charge < -0.3 is 5.11 Å². The summed E-state index contributed by atoms with van der Waals surface area (Å²) in [6.07, 6.45) is 4.01. The Morgan fingerprint density at radius 3 is 2.38 bits per heavy atom. The van der Waals surface area contributed by atoms with E-state index in [2.05, 4.69) is 6.58 Å². The average Bonchev–Trinajstić information content (AvgIpc) is 1.96. The highest BCUT2D eigenvalue weighted by molar-refractivity contribution is 5.67. The van der Waals surface area contributed by atoms with Crippen LogP contribution in [0.4, 0.5) is 0 Å². The molecule has 0 aromatic carbocycles. The summed E-state index contributed by atoms with van der Waals surface area (Å²) < 4.78 is 0. The first-order valence-electron chi connectivity index (χ1n) is 4.49. The first-order valence-corrected chi connectivity index (χ1v) is 4.49. The molecule has 0 amide bonds. The Labute approximate surface area is 80.0 Å². The van der Waals surface area contributed by atoms with Crippen molar-refractivity contribution in [2.75, 3.05) is 0 Å². The minimum absolute atomic E-state index is 0.106. The Bertz CT molecular complexity index is 214. The first-order chi connectivity index (χ1) is 5.93. The second-order valence-electron chi connectivity index (χ2n) is 3.71. The van der Waals surface area contributed by atoms with E-state index in [9.17, 15) is 4.79 Å². The molecule has 0 rings (SSSR count). The van der Waals surface area contributed by atoms with Crippen LogP contribution in [0.25, 0.3) is 0 Å². The third-order valence-electron chi connectivity index (χ3n) is 1.89. The lowest BCUT2D eigenvalue weighted by molar-refractivity contribution is -0.138. The average molecular weight is 182 g/mol. The molecule has 1 atom stereocenters. The lowest BCUT2D eigenvalue weighted by Crippen LogP contribution is -2.11. The number of carbonyl (C=O) groups is 1. The molecule has 0 aliphatic carbocycles. The summed E-state index contributed by atoms with van der Waals surface area (Å²) in [4.78, 5) is 10.5. The Hall–Kier alpha value is -1.05. The van der Waals surface area contributed by atoms with Gasteiger partial charge in [0.15, 0.2) is 0 Å². The molecule has 0 saturated heterocycles. The molecule has 0 heterocycles. The van der Waals surface area contributed by atoms with Crippen LogP contribution in [0.3, 0.4) is 0 Å². The molecular formula is C11H18O2. The fraction of sp³-hybridized carbons (Fsp3) is 0.545. The fourth-order valence-corrected chi connectivity index (χ4v) is 1.02. The van der Waals surface area contributed by atoms with Crippen LogP contribution in [0.15, 0.2) is 24.3 Å². The largest absolute Gasteiger partial charge is 0.481 e. The minimum Gasteiger partial charge on any atom is -0.481 e. The van der Waals surface area contributed by atoms with Crippen molar-refractivity contribution >= 4 is 5.97 Å². The van der Waals surface area contributed by atoms with E-state index in [4.69, 9.17) is 5.11 Å². The van der Waals surface area contributed by atoms with Crippen LogP contribution in [0.5, 0.6) is 0 Å². The summed E-state index contributed by atoms with van der Waals surface area (Å²) >= 11 is 0. The summed E-state index contributed by atoms with van der Waals surface area (Å²) in [6, 6.07) is 0. The van der Waals surface area contributed by atoms with Crippen LogP contribution in [-0.2, 0) is 4.79 Å². The van der Waals surface area contributed by atoms with Crippen molar-refractivity contribution in [3.8, 4) is 0 Å². The zero-order valence-electron chi connectivity index (χ0n) is 8.58. The zero-order chi connectivity index (χ0) is 10.4. The summed E-state index contributed by atoms with van der Waals surface area (Å²) in [5.74, 6) is -0.286. The van der Waals surface area contributed by atoms with Crippen molar-refractivity contribution < 1.29 is 9.90 Å². The molecule has 0 saturated carbocycles. The van der Waals surface area contributed by atoms with E-state index in [-0.39, 0.29) is 12.3 Å². The molecule has 2 nitrogen and oxygen atoms in total. The lowest BCUT2D eigenvalue weighted by atomic mass is 9.92. The molecule has 74 valence electrons. The molecule has 0 aromatic rings. The minimum atomic E-state index is -0.745. The van der Waals surface area contributed by atoms with Gasteiger partial charge in [-0.2, -0.15) is 0 Å². The molecule has 2 heteroatoms. The van der Waals surface area contributed by atoms with Gasteiger partial charge in [0.1, 0.15) is 0 Å². The van der Waals surface area contributed by atoms with Crippen molar-refractivity contribution in [1.29, 1.82) is 0 Å². The molecule has 0 bridgehead atoms. The van der Waals surface area contributed by atoms with Gasteiger partial charge in [-0.25, -0.2) is 0 Å². The summed E-state index contributed by atoms with van der Waals surface area (Å²) in [7, 11) is 0. The number of allylic oxidation sites excluding steroid dienone is 3. The van der Waals surface area contributed by atoms with Gasteiger partial charge >= 0.3 is 5.97 Å². The third kappa shape index (κ3) is 6.14.